The zero-order chi connectivity index (χ0) is 13.8. The molecule has 2 aliphatic rings. The third-order valence-corrected chi connectivity index (χ3v) is 3.87. The third kappa shape index (κ3) is 1.86. The molecular formula is C13H13F3N2O. The molecule has 1 aromatic rings. The normalized spacial score (nSPS) is 20.8. The molecule has 1 spiro atoms. The lowest BCUT2D eigenvalue weighted by molar-refractivity contribution is -0.136. The Balaban J connectivity index is 2.13. The van der Waals surface area contributed by atoms with Gasteiger partial charge in [-0.3, -0.25) is 4.79 Å². The average Bonchev–Trinajstić information content (AvgIpc) is 3.08. The van der Waals surface area contributed by atoms with Gasteiger partial charge < -0.3 is 10.2 Å². The Morgan fingerprint density at radius 2 is 2.00 bits per heavy atom. The van der Waals surface area contributed by atoms with Crippen LogP contribution in [0.25, 0.3) is 0 Å². The molecule has 3 nitrogen and oxygen atoms in total. The minimum absolute atomic E-state index is 0.119. The van der Waals surface area contributed by atoms with E-state index in [1.54, 1.807) is 18.0 Å². The van der Waals surface area contributed by atoms with Crippen LogP contribution in [0.4, 0.5) is 24.5 Å². The molecule has 1 N–H and O–H groups in total. The first kappa shape index (κ1) is 12.3. The van der Waals surface area contributed by atoms with E-state index in [1.165, 1.54) is 6.07 Å². The Labute approximate surface area is 108 Å². The molecule has 0 unspecified atom stereocenters. The van der Waals surface area contributed by atoms with Gasteiger partial charge >= 0.3 is 6.18 Å². The highest BCUT2D eigenvalue weighted by atomic mass is 19.4. The van der Waals surface area contributed by atoms with Gasteiger partial charge in [-0.05, 0) is 25.0 Å². The van der Waals surface area contributed by atoms with Crippen LogP contribution >= 0.6 is 0 Å². The molecule has 3 rings (SSSR count). The van der Waals surface area contributed by atoms with E-state index in [4.69, 9.17) is 0 Å². The summed E-state index contributed by atoms with van der Waals surface area (Å²) in [7, 11) is 1.72. The maximum absolute atomic E-state index is 13.0. The molecule has 1 aromatic carbocycles. The van der Waals surface area contributed by atoms with E-state index in [2.05, 4.69) is 5.32 Å². The van der Waals surface area contributed by atoms with Crippen LogP contribution in [0.15, 0.2) is 18.2 Å². The van der Waals surface area contributed by atoms with Crippen molar-refractivity contribution in [1.82, 2.24) is 0 Å². The van der Waals surface area contributed by atoms with Gasteiger partial charge in [0.2, 0.25) is 5.91 Å². The number of nitrogens with zero attached hydrogens (tertiary/aromatic N) is 1. The Hall–Kier alpha value is -1.72. The highest BCUT2D eigenvalue weighted by Crippen LogP contribution is 2.51. The Bertz CT molecular complexity index is 549. The van der Waals surface area contributed by atoms with E-state index in [0.717, 1.165) is 18.9 Å². The van der Waals surface area contributed by atoms with Gasteiger partial charge in [0.05, 0.1) is 22.4 Å². The highest BCUT2D eigenvalue weighted by Gasteiger charge is 2.52. The summed E-state index contributed by atoms with van der Waals surface area (Å²) in [5.41, 5.74) is -0.988. The molecule has 1 aliphatic carbocycles. The van der Waals surface area contributed by atoms with E-state index in [-0.39, 0.29) is 11.6 Å². The predicted molar refractivity (Wildman–Crippen MR) is 65.0 cm³/mol. The zero-order valence-corrected chi connectivity index (χ0v) is 10.3. The van der Waals surface area contributed by atoms with Crippen molar-refractivity contribution >= 4 is 17.3 Å². The SMILES string of the molecule is CN1CC2(CC2)C(=O)Nc2c1cccc2C(F)(F)F. The van der Waals surface area contributed by atoms with Gasteiger partial charge in [-0.2, -0.15) is 13.2 Å². The standard InChI is InChI=1S/C13H13F3N2O/c1-18-7-12(5-6-12)11(19)17-10-8(13(14,15)16)3-2-4-9(10)18/h2-4H,5-7H2,1H3,(H,17,19). The van der Waals surface area contributed by atoms with Crippen LogP contribution in [-0.2, 0) is 11.0 Å². The van der Waals surface area contributed by atoms with E-state index < -0.39 is 17.2 Å². The summed E-state index contributed by atoms with van der Waals surface area (Å²) in [5.74, 6) is -0.296. The van der Waals surface area contributed by atoms with E-state index in [9.17, 15) is 18.0 Å². The van der Waals surface area contributed by atoms with E-state index in [1.807, 2.05) is 0 Å². The van der Waals surface area contributed by atoms with Crippen molar-refractivity contribution in [2.75, 3.05) is 23.8 Å². The molecule has 1 aliphatic heterocycles. The number of hydrogen-bond acceptors (Lipinski definition) is 2. The molecule has 0 bridgehead atoms. The number of hydrogen-bond donors (Lipinski definition) is 1. The number of alkyl halides is 3. The van der Waals surface area contributed by atoms with Crippen molar-refractivity contribution in [3.8, 4) is 0 Å². The maximum Gasteiger partial charge on any atom is 0.418 e. The summed E-state index contributed by atoms with van der Waals surface area (Å²) in [6.07, 6.45) is -3.00. The summed E-state index contributed by atoms with van der Waals surface area (Å²) >= 11 is 0. The lowest BCUT2D eigenvalue weighted by atomic mass is 10.1. The number of benzene rings is 1. The van der Waals surface area contributed by atoms with Crippen LogP contribution in [-0.4, -0.2) is 19.5 Å². The molecule has 1 heterocycles. The fourth-order valence-electron chi connectivity index (χ4n) is 2.62. The van der Waals surface area contributed by atoms with Gasteiger partial charge in [0.15, 0.2) is 0 Å². The lowest BCUT2D eigenvalue weighted by Gasteiger charge is -2.22. The first-order valence-corrected chi connectivity index (χ1v) is 6.06. The number of fused-ring (bicyclic) bond motifs is 1. The minimum atomic E-state index is -4.47. The fourth-order valence-corrected chi connectivity index (χ4v) is 2.62. The highest BCUT2D eigenvalue weighted by molar-refractivity contribution is 6.02. The van der Waals surface area contributed by atoms with Crippen molar-refractivity contribution < 1.29 is 18.0 Å². The average molecular weight is 270 g/mol. The van der Waals surface area contributed by atoms with Crippen molar-refractivity contribution in [2.24, 2.45) is 5.41 Å². The first-order valence-electron chi connectivity index (χ1n) is 6.06. The fraction of sp³-hybridized carbons (Fsp3) is 0.462. The number of halogens is 3. The second-order valence-corrected chi connectivity index (χ2v) is 5.29. The number of carbonyl (C=O) groups is 1. The van der Waals surface area contributed by atoms with Crippen molar-refractivity contribution in [2.45, 2.75) is 19.0 Å². The number of nitrogens with one attached hydrogen (secondary N) is 1. The largest absolute Gasteiger partial charge is 0.418 e. The number of anilines is 2. The number of amides is 1. The molecule has 0 aromatic heterocycles. The number of carbonyl (C=O) groups excluding carboxylic acids is 1. The summed E-state index contributed by atoms with van der Waals surface area (Å²) in [6, 6.07) is 3.97. The molecule has 0 radical (unpaired) electrons. The molecule has 1 fully saturated rings. The van der Waals surface area contributed by atoms with Crippen LogP contribution in [0.5, 0.6) is 0 Å². The topological polar surface area (TPSA) is 32.3 Å². The van der Waals surface area contributed by atoms with E-state index >= 15 is 0 Å². The summed E-state index contributed by atoms with van der Waals surface area (Å²) in [4.78, 5) is 13.8. The molecule has 1 saturated carbocycles. The molecule has 19 heavy (non-hydrogen) atoms. The van der Waals surface area contributed by atoms with Gasteiger partial charge in [0.25, 0.3) is 0 Å². The predicted octanol–water partition coefficient (Wildman–Crippen LogP) is 2.87. The van der Waals surface area contributed by atoms with Crippen LogP contribution in [0.1, 0.15) is 18.4 Å². The maximum atomic E-state index is 13.0. The summed E-state index contributed by atoms with van der Waals surface area (Å²) in [5, 5.41) is 2.48. The van der Waals surface area contributed by atoms with Gasteiger partial charge in [-0.25, -0.2) is 0 Å². The zero-order valence-electron chi connectivity index (χ0n) is 10.3. The summed E-state index contributed by atoms with van der Waals surface area (Å²) in [6.45, 7) is 0.465. The lowest BCUT2D eigenvalue weighted by Crippen LogP contribution is -2.31. The van der Waals surface area contributed by atoms with Crippen molar-refractivity contribution in [1.29, 1.82) is 0 Å². The van der Waals surface area contributed by atoms with Crippen LogP contribution in [0.2, 0.25) is 0 Å². The Morgan fingerprint density at radius 1 is 1.32 bits per heavy atom. The van der Waals surface area contributed by atoms with Gasteiger partial charge in [0.1, 0.15) is 0 Å². The second kappa shape index (κ2) is 3.65. The molecule has 102 valence electrons. The molecule has 6 heteroatoms. The summed E-state index contributed by atoms with van der Waals surface area (Å²) < 4.78 is 39.0. The van der Waals surface area contributed by atoms with E-state index in [0.29, 0.717) is 12.2 Å². The third-order valence-electron chi connectivity index (χ3n) is 3.87. The van der Waals surface area contributed by atoms with Gasteiger partial charge in [0, 0.05) is 13.6 Å². The van der Waals surface area contributed by atoms with Crippen LogP contribution in [0.3, 0.4) is 0 Å². The quantitative estimate of drug-likeness (QED) is 0.786. The van der Waals surface area contributed by atoms with Crippen molar-refractivity contribution in [3.05, 3.63) is 23.8 Å². The van der Waals surface area contributed by atoms with Crippen molar-refractivity contribution in [3.63, 3.8) is 0 Å². The number of rotatable bonds is 0. The van der Waals surface area contributed by atoms with Crippen LogP contribution in [0, 0.1) is 5.41 Å². The molecule has 0 atom stereocenters. The molecular weight excluding hydrogens is 257 g/mol. The smallest absolute Gasteiger partial charge is 0.372 e. The monoisotopic (exact) mass is 270 g/mol. The van der Waals surface area contributed by atoms with Gasteiger partial charge in [-0.1, -0.05) is 6.07 Å². The molecule has 1 amide bonds. The Morgan fingerprint density at radius 3 is 2.58 bits per heavy atom. The second-order valence-electron chi connectivity index (χ2n) is 5.29. The van der Waals surface area contributed by atoms with Crippen LogP contribution < -0.4 is 10.2 Å². The number of para-hydroxylation sites is 1. The Kier molecular flexibility index (Phi) is 2.37. The minimum Gasteiger partial charge on any atom is -0.372 e. The molecule has 0 saturated heterocycles. The van der Waals surface area contributed by atoms with Gasteiger partial charge in [-0.15, -0.1) is 0 Å². The first-order chi connectivity index (χ1) is 8.83.